The fourth-order valence-electron chi connectivity index (χ4n) is 1.87. The van der Waals surface area contributed by atoms with E-state index in [0.29, 0.717) is 6.42 Å². The average Bonchev–Trinajstić information content (AvgIpc) is 2.81. The van der Waals surface area contributed by atoms with Gasteiger partial charge in [0, 0.05) is 19.7 Å². The number of nitrogens with one attached hydrogen (secondary N) is 1. The molecule has 7 heteroatoms. The van der Waals surface area contributed by atoms with Gasteiger partial charge in [0.1, 0.15) is 0 Å². The highest BCUT2D eigenvalue weighted by atomic mass is 19.1. The molecule has 0 spiro atoms. The van der Waals surface area contributed by atoms with E-state index in [1.165, 1.54) is 13.2 Å². The van der Waals surface area contributed by atoms with Crippen molar-refractivity contribution in [3.05, 3.63) is 41.5 Å². The summed E-state index contributed by atoms with van der Waals surface area (Å²) in [6.07, 6.45) is 2.32. The zero-order valence-corrected chi connectivity index (χ0v) is 10.8. The molecule has 0 saturated heterocycles. The van der Waals surface area contributed by atoms with Crippen LogP contribution in [0.1, 0.15) is 17.3 Å². The molecule has 2 aromatic rings. The second kappa shape index (κ2) is 5.77. The van der Waals surface area contributed by atoms with Gasteiger partial charge in [-0.2, -0.15) is 0 Å². The molecule has 0 radical (unpaired) electrons. The minimum atomic E-state index is -0.417. The standard InChI is InChI=1S/C12H16FN5O/c1-18-7-9(16-17-18)6-11(15-14)8-3-4-12(19-2)10(13)5-8/h3-5,7,11,15H,6,14H2,1-2H3. The Bertz CT molecular complexity index is 557. The maximum absolute atomic E-state index is 13.7. The highest BCUT2D eigenvalue weighted by Gasteiger charge is 2.15. The second-order valence-corrected chi connectivity index (χ2v) is 4.20. The van der Waals surface area contributed by atoms with E-state index in [1.54, 1.807) is 30.1 Å². The van der Waals surface area contributed by atoms with Crippen LogP contribution in [-0.2, 0) is 13.5 Å². The minimum absolute atomic E-state index is 0.207. The van der Waals surface area contributed by atoms with Crippen LogP contribution in [0.2, 0.25) is 0 Å². The van der Waals surface area contributed by atoms with Crippen molar-refractivity contribution < 1.29 is 9.13 Å². The highest BCUT2D eigenvalue weighted by Crippen LogP contribution is 2.23. The number of hydrazine groups is 1. The second-order valence-electron chi connectivity index (χ2n) is 4.20. The smallest absolute Gasteiger partial charge is 0.165 e. The number of aryl methyl sites for hydroxylation is 1. The van der Waals surface area contributed by atoms with Gasteiger partial charge in [0.25, 0.3) is 0 Å². The maximum Gasteiger partial charge on any atom is 0.165 e. The van der Waals surface area contributed by atoms with Crippen molar-refractivity contribution in [2.24, 2.45) is 12.9 Å². The first-order valence-electron chi connectivity index (χ1n) is 5.78. The van der Waals surface area contributed by atoms with Gasteiger partial charge in [0.2, 0.25) is 0 Å². The molecule has 1 atom stereocenters. The summed E-state index contributed by atoms with van der Waals surface area (Å²) in [7, 11) is 3.21. The van der Waals surface area contributed by atoms with Crippen molar-refractivity contribution in [1.29, 1.82) is 0 Å². The first kappa shape index (κ1) is 13.4. The van der Waals surface area contributed by atoms with E-state index in [4.69, 9.17) is 10.6 Å². The van der Waals surface area contributed by atoms with Crippen molar-refractivity contribution in [3.8, 4) is 5.75 Å². The van der Waals surface area contributed by atoms with E-state index in [9.17, 15) is 4.39 Å². The fourth-order valence-corrected chi connectivity index (χ4v) is 1.87. The van der Waals surface area contributed by atoms with Gasteiger partial charge < -0.3 is 4.74 Å². The van der Waals surface area contributed by atoms with E-state index in [1.807, 2.05) is 0 Å². The number of aromatic nitrogens is 3. The van der Waals surface area contributed by atoms with Gasteiger partial charge in [0.05, 0.1) is 18.8 Å². The zero-order valence-electron chi connectivity index (χ0n) is 10.8. The summed E-state index contributed by atoms with van der Waals surface area (Å²) in [5, 5.41) is 7.83. The molecule has 19 heavy (non-hydrogen) atoms. The monoisotopic (exact) mass is 265 g/mol. The molecular weight excluding hydrogens is 249 g/mol. The van der Waals surface area contributed by atoms with E-state index < -0.39 is 5.82 Å². The van der Waals surface area contributed by atoms with Gasteiger partial charge in [0.15, 0.2) is 11.6 Å². The third-order valence-corrected chi connectivity index (χ3v) is 2.84. The van der Waals surface area contributed by atoms with E-state index in [0.717, 1.165) is 11.3 Å². The van der Waals surface area contributed by atoms with Gasteiger partial charge in [-0.3, -0.25) is 16.0 Å². The summed E-state index contributed by atoms with van der Waals surface area (Å²) < 4.78 is 20.2. The third kappa shape index (κ3) is 3.07. The SMILES string of the molecule is COc1ccc(C(Cc2cn(C)nn2)NN)cc1F. The van der Waals surface area contributed by atoms with Gasteiger partial charge >= 0.3 is 0 Å². The number of nitrogens with zero attached hydrogens (tertiary/aromatic N) is 3. The first-order valence-corrected chi connectivity index (χ1v) is 5.78. The molecule has 0 saturated carbocycles. The Kier molecular flexibility index (Phi) is 4.08. The van der Waals surface area contributed by atoms with Crippen LogP contribution in [0.25, 0.3) is 0 Å². The molecule has 102 valence electrons. The summed E-state index contributed by atoms with van der Waals surface area (Å²) in [6.45, 7) is 0. The number of hydrogen-bond donors (Lipinski definition) is 2. The molecule has 0 bridgehead atoms. The van der Waals surface area contributed by atoms with E-state index >= 15 is 0 Å². The predicted octanol–water partition coefficient (Wildman–Crippen LogP) is 0.710. The summed E-state index contributed by atoms with van der Waals surface area (Å²) in [5.41, 5.74) is 4.16. The third-order valence-electron chi connectivity index (χ3n) is 2.84. The topological polar surface area (TPSA) is 78.0 Å². The van der Waals surface area contributed by atoms with Gasteiger partial charge in [-0.25, -0.2) is 4.39 Å². The highest BCUT2D eigenvalue weighted by molar-refractivity contribution is 5.31. The largest absolute Gasteiger partial charge is 0.494 e. The van der Waals surface area contributed by atoms with Crippen molar-refractivity contribution in [3.63, 3.8) is 0 Å². The van der Waals surface area contributed by atoms with Crippen molar-refractivity contribution in [2.75, 3.05) is 7.11 Å². The molecule has 1 aromatic heterocycles. The number of nitrogens with two attached hydrogens (primary N) is 1. The Balaban J connectivity index is 2.19. The number of hydrogen-bond acceptors (Lipinski definition) is 5. The number of benzene rings is 1. The molecule has 0 aliphatic heterocycles. The normalized spacial score (nSPS) is 12.4. The summed E-state index contributed by atoms with van der Waals surface area (Å²) >= 11 is 0. The van der Waals surface area contributed by atoms with Crippen LogP contribution >= 0.6 is 0 Å². The molecule has 1 aromatic carbocycles. The van der Waals surface area contributed by atoms with Crippen LogP contribution in [0.15, 0.2) is 24.4 Å². The molecule has 0 fully saturated rings. The number of rotatable bonds is 5. The Morgan fingerprint density at radius 2 is 2.32 bits per heavy atom. The average molecular weight is 265 g/mol. The number of ether oxygens (including phenoxy) is 1. The van der Waals surface area contributed by atoms with Gasteiger partial charge in [-0.15, -0.1) is 5.10 Å². The van der Waals surface area contributed by atoms with Crippen LogP contribution in [0.3, 0.4) is 0 Å². The summed E-state index contributed by atoms with van der Waals surface area (Å²) in [4.78, 5) is 0. The van der Waals surface area contributed by atoms with Gasteiger partial charge in [-0.1, -0.05) is 11.3 Å². The van der Waals surface area contributed by atoms with Crippen LogP contribution in [0, 0.1) is 5.82 Å². The summed E-state index contributed by atoms with van der Waals surface area (Å²) in [6, 6.07) is 4.51. The van der Waals surface area contributed by atoms with E-state index in [2.05, 4.69) is 15.7 Å². The Morgan fingerprint density at radius 1 is 1.53 bits per heavy atom. The quantitative estimate of drug-likeness (QED) is 0.615. The van der Waals surface area contributed by atoms with E-state index in [-0.39, 0.29) is 11.8 Å². The van der Waals surface area contributed by atoms with Crippen molar-refractivity contribution in [2.45, 2.75) is 12.5 Å². The molecular formula is C12H16FN5O. The Labute approximate surface area is 110 Å². The van der Waals surface area contributed by atoms with Crippen LogP contribution < -0.4 is 16.0 Å². The molecule has 6 nitrogen and oxygen atoms in total. The number of halogens is 1. The lowest BCUT2D eigenvalue weighted by Gasteiger charge is -2.15. The Hall–Kier alpha value is -1.99. The lowest BCUT2D eigenvalue weighted by atomic mass is 10.0. The number of methoxy groups -OCH3 is 1. The lowest BCUT2D eigenvalue weighted by Crippen LogP contribution is -2.29. The van der Waals surface area contributed by atoms with Crippen LogP contribution in [0.5, 0.6) is 5.75 Å². The lowest BCUT2D eigenvalue weighted by molar-refractivity contribution is 0.385. The molecule has 0 aliphatic rings. The summed E-state index contributed by atoms with van der Waals surface area (Å²) in [5.74, 6) is 5.31. The molecule has 1 unspecified atom stereocenters. The predicted molar refractivity (Wildman–Crippen MR) is 67.7 cm³/mol. The van der Waals surface area contributed by atoms with Crippen LogP contribution in [0.4, 0.5) is 4.39 Å². The van der Waals surface area contributed by atoms with Crippen LogP contribution in [-0.4, -0.2) is 22.1 Å². The maximum atomic E-state index is 13.7. The van der Waals surface area contributed by atoms with Gasteiger partial charge in [-0.05, 0) is 17.7 Å². The Morgan fingerprint density at radius 3 is 2.84 bits per heavy atom. The molecule has 0 aliphatic carbocycles. The zero-order chi connectivity index (χ0) is 13.8. The van der Waals surface area contributed by atoms with Crippen molar-refractivity contribution in [1.82, 2.24) is 20.4 Å². The molecule has 3 N–H and O–H groups in total. The first-order chi connectivity index (χ1) is 9.13. The molecule has 1 heterocycles. The molecule has 2 rings (SSSR count). The molecule has 0 amide bonds. The van der Waals surface area contributed by atoms with Crippen molar-refractivity contribution >= 4 is 0 Å². The fraction of sp³-hybridized carbons (Fsp3) is 0.333. The minimum Gasteiger partial charge on any atom is -0.494 e.